The maximum atomic E-state index is 8.82. The lowest BCUT2D eigenvalue weighted by Gasteiger charge is -2.38. The van der Waals surface area contributed by atoms with Crippen LogP contribution in [0.15, 0.2) is 12.4 Å². The summed E-state index contributed by atoms with van der Waals surface area (Å²) in [7, 11) is 0. The standard InChI is InChI=1S/C16H24N6/c17-8-12-9-19-16(20-10-12)22-7-3-4-13(11-22)21-15-6-2-1-5-14(15)18/h9-10,13-15,21H,1-7,11,18H2/t13-,14+,15+/m0/s1. The Bertz CT molecular complexity index is 522. The second kappa shape index (κ2) is 7.03. The largest absolute Gasteiger partial charge is 0.339 e. The highest BCUT2D eigenvalue weighted by Crippen LogP contribution is 2.21. The summed E-state index contributed by atoms with van der Waals surface area (Å²) in [5.41, 5.74) is 6.75. The van der Waals surface area contributed by atoms with Crippen LogP contribution in [0.5, 0.6) is 0 Å². The van der Waals surface area contributed by atoms with Crippen molar-refractivity contribution < 1.29 is 0 Å². The summed E-state index contributed by atoms with van der Waals surface area (Å²) in [5, 5.41) is 12.6. The predicted molar refractivity (Wildman–Crippen MR) is 85.3 cm³/mol. The number of hydrogen-bond acceptors (Lipinski definition) is 6. The van der Waals surface area contributed by atoms with Gasteiger partial charge in [0.05, 0.1) is 18.0 Å². The van der Waals surface area contributed by atoms with Crippen molar-refractivity contribution in [3.63, 3.8) is 0 Å². The summed E-state index contributed by atoms with van der Waals surface area (Å²) in [6, 6.07) is 3.23. The highest BCUT2D eigenvalue weighted by atomic mass is 15.3. The molecule has 1 saturated carbocycles. The summed E-state index contributed by atoms with van der Waals surface area (Å²) >= 11 is 0. The number of anilines is 1. The quantitative estimate of drug-likeness (QED) is 0.871. The van der Waals surface area contributed by atoms with E-state index in [2.05, 4.69) is 26.3 Å². The van der Waals surface area contributed by atoms with Gasteiger partial charge in [0, 0.05) is 31.2 Å². The van der Waals surface area contributed by atoms with E-state index < -0.39 is 0 Å². The zero-order valence-corrected chi connectivity index (χ0v) is 12.9. The van der Waals surface area contributed by atoms with Crippen molar-refractivity contribution in [2.75, 3.05) is 18.0 Å². The van der Waals surface area contributed by atoms with Crippen molar-refractivity contribution in [2.45, 2.75) is 56.7 Å². The molecule has 2 heterocycles. The molecule has 2 fully saturated rings. The van der Waals surface area contributed by atoms with E-state index in [4.69, 9.17) is 11.0 Å². The van der Waals surface area contributed by atoms with E-state index in [1.807, 2.05) is 0 Å². The molecule has 1 aliphatic carbocycles. The molecule has 3 rings (SSSR count). The van der Waals surface area contributed by atoms with Crippen LogP contribution in [0.1, 0.15) is 44.1 Å². The minimum atomic E-state index is 0.287. The summed E-state index contributed by atoms with van der Waals surface area (Å²) in [6.45, 7) is 1.88. The number of piperidine rings is 1. The summed E-state index contributed by atoms with van der Waals surface area (Å²) < 4.78 is 0. The van der Waals surface area contributed by atoms with Crippen LogP contribution in [0.3, 0.4) is 0 Å². The third-order valence-electron chi connectivity index (χ3n) is 4.74. The van der Waals surface area contributed by atoms with E-state index in [1.54, 1.807) is 12.4 Å². The van der Waals surface area contributed by atoms with Gasteiger partial charge in [0.2, 0.25) is 5.95 Å². The van der Waals surface area contributed by atoms with Gasteiger partial charge in [-0.25, -0.2) is 9.97 Å². The minimum absolute atomic E-state index is 0.287. The third kappa shape index (κ3) is 3.54. The molecule has 2 aliphatic rings. The lowest BCUT2D eigenvalue weighted by atomic mass is 9.90. The fourth-order valence-corrected chi connectivity index (χ4v) is 3.51. The first-order valence-electron chi connectivity index (χ1n) is 8.25. The maximum Gasteiger partial charge on any atom is 0.225 e. The molecule has 0 amide bonds. The zero-order chi connectivity index (χ0) is 15.4. The summed E-state index contributed by atoms with van der Waals surface area (Å²) in [4.78, 5) is 10.8. The number of nitrogens with one attached hydrogen (secondary N) is 1. The highest BCUT2D eigenvalue weighted by Gasteiger charge is 2.27. The average Bonchev–Trinajstić information content (AvgIpc) is 2.57. The van der Waals surface area contributed by atoms with Crippen LogP contribution in [0.2, 0.25) is 0 Å². The Morgan fingerprint density at radius 1 is 1.18 bits per heavy atom. The molecule has 118 valence electrons. The van der Waals surface area contributed by atoms with Crippen LogP contribution in [0, 0.1) is 11.3 Å². The Hall–Kier alpha value is -1.71. The molecule has 1 saturated heterocycles. The molecule has 1 aromatic heterocycles. The summed E-state index contributed by atoms with van der Waals surface area (Å²) in [6.07, 6.45) is 10.3. The molecule has 1 aromatic rings. The van der Waals surface area contributed by atoms with Crippen LogP contribution in [-0.2, 0) is 0 Å². The normalized spacial score (nSPS) is 29.1. The van der Waals surface area contributed by atoms with Gasteiger partial charge in [0.15, 0.2) is 0 Å². The van der Waals surface area contributed by atoms with Crippen molar-refractivity contribution in [1.82, 2.24) is 15.3 Å². The Balaban J connectivity index is 1.60. The molecule has 6 heteroatoms. The molecular formula is C16H24N6. The van der Waals surface area contributed by atoms with Crippen LogP contribution in [-0.4, -0.2) is 41.2 Å². The first-order chi connectivity index (χ1) is 10.8. The lowest BCUT2D eigenvalue weighted by Crippen LogP contribution is -2.55. The molecule has 0 bridgehead atoms. The topological polar surface area (TPSA) is 90.9 Å². The van der Waals surface area contributed by atoms with Gasteiger partial charge in [-0.1, -0.05) is 12.8 Å². The Morgan fingerprint density at radius 2 is 1.95 bits per heavy atom. The summed E-state index contributed by atoms with van der Waals surface area (Å²) in [5.74, 6) is 0.721. The van der Waals surface area contributed by atoms with Crippen molar-refractivity contribution in [3.05, 3.63) is 18.0 Å². The van der Waals surface area contributed by atoms with Crippen LogP contribution in [0.25, 0.3) is 0 Å². The first kappa shape index (κ1) is 15.2. The maximum absolute atomic E-state index is 8.82. The molecule has 6 nitrogen and oxygen atoms in total. The number of rotatable bonds is 3. The molecule has 1 aliphatic heterocycles. The molecule has 0 radical (unpaired) electrons. The van der Waals surface area contributed by atoms with E-state index in [0.29, 0.717) is 17.6 Å². The van der Waals surface area contributed by atoms with E-state index >= 15 is 0 Å². The SMILES string of the molecule is N#Cc1cnc(N2CCC[C@H](N[C@@H]3CCCC[C@H]3N)C2)nc1. The van der Waals surface area contributed by atoms with Gasteiger partial charge in [-0.15, -0.1) is 0 Å². The first-order valence-corrected chi connectivity index (χ1v) is 8.25. The van der Waals surface area contributed by atoms with Crippen LogP contribution < -0.4 is 16.0 Å². The molecule has 0 aromatic carbocycles. The van der Waals surface area contributed by atoms with Gasteiger partial charge >= 0.3 is 0 Å². The Labute approximate surface area is 131 Å². The second-order valence-corrected chi connectivity index (χ2v) is 6.39. The van der Waals surface area contributed by atoms with Gasteiger partial charge in [0.1, 0.15) is 6.07 Å². The molecule has 0 unspecified atom stereocenters. The van der Waals surface area contributed by atoms with Crippen molar-refractivity contribution in [1.29, 1.82) is 5.26 Å². The molecule has 3 atom stereocenters. The average molecular weight is 300 g/mol. The number of nitrogens with zero attached hydrogens (tertiary/aromatic N) is 4. The zero-order valence-electron chi connectivity index (χ0n) is 12.9. The van der Waals surface area contributed by atoms with Crippen LogP contribution >= 0.6 is 0 Å². The highest BCUT2D eigenvalue weighted by molar-refractivity contribution is 5.34. The van der Waals surface area contributed by atoms with Gasteiger partial charge in [-0.05, 0) is 25.7 Å². The van der Waals surface area contributed by atoms with E-state index in [0.717, 1.165) is 31.9 Å². The smallest absolute Gasteiger partial charge is 0.225 e. The van der Waals surface area contributed by atoms with Crippen molar-refractivity contribution in [3.8, 4) is 6.07 Å². The molecule has 22 heavy (non-hydrogen) atoms. The second-order valence-electron chi connectivity index (χ2n) is 6.39. The molecule has 3 N–H and O–H groups in total. The number of nitrogens with two attached hydrogens (primary N) is 1. The fraction of sp³-hybridized carbons (Fsp3) is 0.688. The number of aromatic nitrogens is 2. The Morgan fingerprint density at radius 3 is 2.68 bits per heavy atom. The van der Waals surface area contributed by atoms with E-state index in [1.165, 1.54) is 25.7 Å². The predicted octanol–water partition coefficient (Wildman–Crippen LogP) is 1.18. The van der Waals surface area contributed by atoms with Crippen LogP contribution in [0.4, 0.5) is 5.95 Å². The van der Waals surface area contributed by atoms with E-state index in [9.17, 15) is 0 Å². The van der Waals surface area contributed by atoms with Gasteiger partial charge in [0.25, 0.3) is 0 Å². The van der Waals surface area contributed by atoms with Crippen molar-refractivity contribution in [2.24, 2.45) is 5.73 Å². The van der Waals surface area contributed by atoms with Gasteiger partial charge in [-0.3, -0.25) is 0 Å². The third-order valence-corrected chi connectivity index (χ3v) is 4.74. The lowest BCUT2D eigenvalue weighted by molar-refractivity contribution is 0.282. The minimum Gasteiger partial charge on any atom is -0.339 e. The van der Waals surface area contributed by atoms with Crippen molar-refractivity contribution >= 4 is 5.95 Å². The van der Waals surface area contributed by atoms with E-state index in [-0.39, 0.29) is 6.04 Å². The van der Waals surface area contributed by atoms with Gasteiger partial charge in [-0.2, -0.15) is 5.26 Å². The number of hydrogen-bond donors (Lipinski definition) is 2. The Kier molecular flexibility index (Phi) is 4.86. The monoisotopic (exact) mass is 300 g/mol. The molecular weight excluding hydrogens is 276 g/mol. The molecule has 0 spiro atoms. The fourth-order valence-electron chi connectivity index (χ4n) is 3.51. The number of nitriles is 1. The van der Waals surface area contributed by atoms with Gasteiger partial charge < -0.3 is 16.0 Å².